The van der Waals surface area contributed by atoms with Crippen molar-refractivity contribution in [3.8, 4) is 11.1 Å². The van der Waals surface area contributed by atoms with Crippen LogP contribution in [0.3, 0.4) is 0 Å². The Morgan fingerprint density at radius 3 is 2.25 bits per heavy atom. The van der Waals surface area contributed by atoms with E-state index in [2.05, 4.69) is 23.6 Å². The van der Waals surface area contributed by atoms with Crippen LogP contribution in [0.15, 0.2) is 54.6 Å². The molecule has 8 heteroatoms. The van der Waals surface area contributed by atoms with E-state index in [9.17, 15) is 14.4 Å². The number of fused-ring (bicyclic) bond motifs is 2. The van der Waals surface area contributed by atoms with E-state index in [0.29, 0.717) is 29.1 Å². The van der Waals surface area contributed by atoms with Gasteiger partial charge in [0, 0.05) is 13.0 Å². The maximum Gasteiger partial charge on any atom is 0.339 e. The number of imidazole rings is 1. The molecule has 2 aromatic heterocycles. The summed E-state index contributed by atoms with van der Waals surface area (Å²) in [6, 6.07) is 17.6. The highest BCUT2D eigenvalue weighted by molar-refractivity contribution is 6.22. The summed E-state index contributed by atoms with van der Waals surface area (Å²) in [4.78, 5) is 50.9. The molecule has 1 saturated heterocycles. The zero-order valence-electron chi connectivity index (χ0n) is 26.2. The second-order valence-corrected chi connectivity index (χ2v) is 13.1. The number of esters is 1. The van der Waals surface area contributed by atoms with Crippen molar-refractivity contribution in [1.29, 1.82) is 0 Å². The van der Waals surface area contributed by atoms with Crippen molar-refractivity contribution in [1.82, 2.24) is 14.5 Å². The van der Waals surface area contributed by atoms with Crippen molar-refractivity contribution in [3.05, 3.63) is 77.2 Å². The molecule has 0 bridgehead atoms. The van der Waals surface area contributed by atoms with E-state index < -0.39 is 5.60 Å². The number of imide groups is 1. The van der Waals surface area contributed by atoms with Crippen LogP contribution in [0.1, 0.15) is 87.2 Å². The highest BCUT2D eigenvalue weighted by Crippen LogP contribution is 2.41. The van der Waals surface area contributed by atoms with Crippen molar-refractivity contribution < 1.29 is 19.1 Å². The Morgan fingerprint density at radius 2 is 1.61 bits per heavy atom. The van der Waals surface area contributed by atoms with Crippen molar-refractivity contribution in [2.24, 2.45) is 11.8 Å². The molecular formula is C36H40N4O4. The largest absolute Gasteiger partial charge is 0.456 e. The van der Waals surface area contributed by atoms with Crippen LogP contribution in [0.2, 0.25) is 0 Å². The third-order valence-electron chi connectivity index (χ3n) is 8.69. The SMILES string of the molecule is CCCc1nc2nc(C)c(N3C(=O)[C@H]4CCCC[C@H]4C3=O)cc2n1Cc1ccc(-c2ccccc2C(=O)OC(C)(C)C)cc1. The topological polar surface area (TPSA) is 94.4 Å². The highest BCUT2D eigenvalue weighted by atomic mass is 16.6. The molecule has 2 amide bonds. The molecular weight excluding hydrogens is 552 g/mol. The van der Waals surface area contributed by atoms with Gasteiger partial charge >= 0.3 is 5.97 Å². The Morgan fingerprint density at radius 1 is 0.955 bits per heavy atom. The van der Waals surface area contributed by atoms with Gasteiger partial charge in [-0.25, -0.2) is 19.7 Å². The Labute approximate surface area is 258 Å². The fourth-order valence-corrected chi connectivity index (χ4v) is 6.61. The number of carbonyl (C=O) groups excluding carboxylic acids is 3. The van der Waals surface area contributed by atoms with Gasteiger partial charge in [-0.3, -0.25) is 9.59 Å². The minimum atomic E-state index is -0.585. The number of nitrogens with zero attached hydrogens (tertiary/aromatic N) is 4. The van der Waals surface area contributed by atoms with Crippen LogP contribution >= 0.6 is 0 Å². The van der Waals surface area contributed by atoms with Crippen molar-refractivity contribution in [2.45, 2.75) is 85.3 Å². The number of ether oxygens (including phenoxy) is 1. The summed E-state index contributed by atoms with van der Waals surface area (Å²) in [5.41, 5.74) is 5.38. The Bertz CT molecular complexity index is 1720. The fraction of sp³-hybridized carbons (Fsp3) is 0.417. The van der Waals surface area contributed by atoms with Crippen LogP contribution in [-0.2, 0) is 27.3 Å². The molecule has 0 spiro atoms. The van der Waals surface area contributed by atoms with Gasteiger partial charge < -0.3 is 9.30 Å². The predicted molar refractivity (Wildman–Crippen MR) is 170 cm³/mol. The van der Waals surface area contributed by atoms with Gasteiger partial charge in [0.15, 0.2) is 5.65 Å². The number of rotatable bonds is 7. The molecule has 2 aromatic carbocycles. The molecule has 1 aliphatic heterocycles. The number of carbonyl (C=O) groups is 3. The van der Waals surface area contributed by atoms with Gasteiger partial charge in [-0.2, -0.15) is 0 Å². The van der Waals surface area contributed by atoms with Crippen LogP contribution < -0.4 is 4.90 Å². The number of pyridine rings is 1. The quantitative estimate of drug-likeness (QED) is 0.169. The lowest BCUT2D eigenvalue weighted by atomic mass is 9.81. The first-order valence-corrected chi connectivity index (χ1v) is 15.7. The number of hydrogen-bond donors (Lipinski definition) is 0. The molecule has 1 aliphatic carbocycles. The average molecular weight is 593 g/mol. The summed E-state index contributed by atoms with van der Waals surface area (Å²) in [7, 11) is 0. The third-order valence-corrected chi connectivity index (χ3v) is 8.69. The second-order valence-electron chi connectivity index (χ2n) is 13.1. The van der Waals surface area contributed by atoms with Crippen molar-refractivity contribution in [3.63, 3.8) is 0 Å². The summed E-state index contributed by atoms with van der Waals surface area (Å²) < 4.78 is 7.80. The Hall–Kier alpha value is -4.33. The van der Waals surface area contributed by atoms with Crippen LogP contribution in [0.25, 0.3) is 22.3 Å². The van der Waals surface area contributed by atoms with E-state index in [4.69, 9.17) is 14.7 Å². The zero-order valence-corrected chi connectivity index (χ0v) is 26.2. The lowest BCUT2D eigenvalue weighted by Gasteiger charge is -2.20. The van der Waals surface area contributed by atoms with E-state index in [1.807, 2.05) is 64.1 Å². The molecule has 44 heavy (non-hydrogen) atoms. The van der Waals surface area contributed by atoms with Gasteiger partial charge in [-0.15, -0.1) is 0 Å². The molecule has 0 radical (unpaired) electrons. The molecule has 1 saturated carbocycles. The molecule has 228 valence electrons. The minimum Gasteiger partial charge on any atom is -0.456 e. The van der Waals surface area contributed by atoms with Crippen LogP contribution in [0.5, 0.6) is 0 Å². The van der Waals surface area contributed by atoms with E-state index in [1.54, 1.807) is 6.07 Å². The minimum absolute atomic E-state index is 0.0916. The molecule has 6 rings (SSSR count). The lowest BCUT2D eigenvalue weighted by Crippen LogP contribution is -2.31. The smallest absolute Gasteiger partial charge is 0.339 e. The van der Waals surface area contributed by atoms with Gasteiger partial charge in [0.2, 0.25) is 11.8 Å². The summed E-state index contributed by atoms with van der Waals surface area (Å²) in [6.07, 6.45) is 5.22. The van der Waals surface area contributed by atoms with E-state index >= 15 is 0 Å². The first-order valence-electron chi connectivity index (χ1n) is 15.7. The van der Waals surface area contributed by atoms with Crippen molar-refractivity contribution in [2.75, 3.05) is 4.90 Å². The summed E-state index contributed by atoms with van der Waals surface area (Å²) in [6.45, 7) is 10.1. The van der Waals surface area contributed by atoms with Gasteiger partial charge in [-0.05, 0) is 75.8 Å². The normalized spacial score (nSPS) is 18.6. The van der Waals surface area contributed by atoms with E-state index in [1.165, 1.54) is 4.90 Å². The maximum absolute atomic E-state index is 13.4. The summed E-state index contributed by atoms with van der Waals surface area (Å²) >= 11 is 0. The van der Waals surface area contributed by atoms with Gasteiger partial charge in [0.05, 0.1) is 34.3 Å². The third kappa shape index (κ3) is 5.53. The van der Waals surface area contributed by atoms with Crippen LogP contribution in [0.4, 0.5) is 5.69 Å². The van der Waals surface area contributed by atoms with Gasteiger partial charge in [-0.1, -0.05) is 62.2 Å². The second kappa shape index (κ2) is 11.6. The average Bonchev–Trinajstić information content (AvgIpc) is 3.44. The van der Waals surface area contributed by atoms with E-state index in [0.717, 1.165) is 66.6 Å². The molecule has 2 aliphatic rings. The first kappa shape index (κ1) is 29.7. The number of amides is 2. The number of anilines is 1. The lowest BCUT2D eigenvalue weighted by molar-refractivity contribution is -0.122. The van der Waals surface area contributed by atoms with Gasteiger partial charge in [0.1, 0.15) is 11.4 Å². The molecule has 2 atom stereocenters. The first-order chi connectivity index (χ1) is 21.1. The summed E-state index contributed by atoms with van der Waals surface area (Å²) in [5.74, 6) is -0.0495. The Balaban J connectivity index is 1.34. The number of aryl methyl sites for hydroxylation is 2. The van der Waals surface area contributed by atoms with E-state index in [-0.39, 0.29) is 29.6 Å². The molecule has 4 aromatic rings. The number of hydrogen-bond acceptors (Lipinski definition) is 6. The maximum atomic E-state index is 13.4. The highest BCUT2D eigenvalue weighted by Gasteiger charge is 2.49. The molecule has 8 nitrogen and oxygen atoms in total. The summed E-state index contributed by atoms with van der Waals surface area (Å²) in [5, 5.41) is 0. The monoisotopic (exact) mass is 592 g/mol. The molecule has 2 fully saturated rings. The van der Waals surface area contributed by atoms with Crippen LogP contribution in [-0.4, -0.2) is 37.9 Å². The van der Waals surface area contributed by atoms with Crippen LogP contribution in [0, 0.1) is 18.8 Å². The zero-order chi connectivity index (χ0) is 31.2. The van der Waals surface area contributed by atoms with Crippen molar-refractivity contribution >= 4 is 34.6 Å². The predicted octanol–water partition coefficient (Wildman–Crippen LogP) is 7.04. The standard InChI is InChI=1S/C36H40N4O4/c1-6-11-31-38-32-30(20-29(22(2)37-32)40-33(41)26-13-8-9-14-27(26)34(40)42)39(31)21-23-16-18-24(19-17-23)25-12-7-10-15-28(25)35(43)44-36(3,4)5/h7,10,12,15-20,26-27H,6,8-9,11,13-14,21H2,1-5H3/t26-,27+. The number of benzene rings is 2. The molecule has 3 heterocycles. The molecule has 0 unspecified atom stereocenters. The molecule has 0 N–H and O–H groups in total. The number of aromatic nitrogens is 3. The fourth-order valence-electron chi connectivity index (χ4n) is 6.61. The van der Waals surface area contributed by atoms with Gasteiger partial charge in [0.25, 0.3) is 0 Å². The Kier molecular flexibility index (Phi) is 7.86.